The highest BCUT2D eigenvalue weighted by Gasteiger charge is 2.17. The number of nitrogens with zero attached hydrogens (tertiary/aromatic N) is 1. The predicted octanol–water partition coefficient (Wildman–Crippen LogP) is 0.916. The molecule has 17 heavy (non-hydrogen) atoms. The maximum atomic E-state index is 11.9. The molecule has 1 aromatic rings. The lowest BCUT2D eigenvalue weighted by atomic mass is 10.4. The van der Waals surface area contributed by atoms with Gasteiger partial charge in [0.05, 0.1) is 5.75 Å². The van der Waals surface area contributed by atoms with Crippen molar-refractivity contribution in [3.8, 4) is 0 Å². The number of pyridine rings is 1. The number of carbonyl (C=O) groups excluding carboxylic acids is 1. The first kappa shape index (κ1) is 13.9. The van der Waals surface area contributed by atoms with Crippen molar-refractivity contribution in [2.24, 2.45) is 0 Å². The van der Waals surface area contributed by atoms with Crippen LogP contribution in [-0.2, 0) is 4.79 Å². The van der Waals surface area contributed by atoms with Crippen LogP contribution in [0, 0.1) is 0 Å². The molecule has 0 aromatic carbocycles. The van der Waals surface area contributed by atoms with E-state index in [1.54, 1.807) is 24.5 Å². The Morgan fingerprint density at radius 1 is 1.47 bits per heavy atom. The molecular weight excluding hydrogens is 250 g/mol. The Morgan fingerprint density at radius 3 is 2.71 bits per heavy atom. The smallest absolute Gasteiger partial charge is 0.265 e. The maximum absolute atomic E-state index is 11.9. The van der Waals surface area contributed by atoms with Gasteiger partial charge >= 0.3 is 0 Å². The third-order valence-electron chi connectivity index (χ3n) is 1.82. The van der Waals surface area contributed by atoms with E-state index in [1.165, 1.54) is 11.8 Å². The number of hydrogen-bond donors (Lipinski definition) is 2. The van der Waals surface area contributed by atoms with Crippen molar-refractivity contribution in [1.29, 1.82) is 0 Å². The van der Waals surface area contributed by atoms with E-state index in [1.807, 2.05) is 0 Å². The lowest BCUT2D eigenvalue weighted by molar-refractivity contribution is -0.119. The summed E-state index contributed by atoms with van der Waals surface area (Å²) in [6.45, 7) is -0.437. The van der Waals surface area contributed by atoms with Crippen LogP contribution in [-0.4, -0.2) is 40.8 Å². The second-order valence-electron chi connectivity index (χ2n) is 3.18. The quantitative estimate of drug-likeness (QED) is 0.748. The molecule has 0 aliphatic heterocycles. The number of aliphatic hydroxyl groups excluding tert-OH is 1. The van der Waals surface area contributed by atoms with E-state index in [0.29, 0.717) is 0 Å². The minimum atomic E-state index is -2.84. The Hall–Kier alpha value is -1.21. The first-order valence-corrected chi connectivity index (χ1v) is 5.84. The number of halogens is 2. The van der Waals surface area contributed by atoms with Gasteiger partial charge in [-0.15, -0.1) is 11.8 Å². The van der Waals surface area contributed by atoms with Gasteiger partial charge in [0.2, 0.25) is 5.91 Å². The molecule has 0 saturated heterocycles. The number of hydrogen-bond acceptors (Lipinski definition) is 4. The maximum Gasteiger partial charge on any atom is 0.265 e. The average Bonchev–Trinajstić information content (AvgIpc) is 2.34. The van der Waals surface area contributed by atoms with Gasteiger partial charge in [-0.1, -0.05) is 0 Å². The van der Waals surface area contributed by atoms with Gasteiger partial charge < -0.3 is 10.4 Å². The summed E-state index contributed by atoms with van der Waals surface area (Å²) in [6.07, 6.45) is -1.46. The number of thioether (sulfide) groups is 1. The highest BCUT2D eigenvalue weighted by Crippen LogP contribution is 2.15. The van der Waals surface area contributed by atoms with Crippen molar-refractivity contribution >= 4 is 17.7 Å². The summed E-state index contributed by atoms with van der Waals surface area (Å²) < 4.78 is 23.8. The fraction of sp³-hybridized carbons (Fsp3) is 0.400. The molecule has 0 radical (unpaired) electrons. The second-order valence-corrected chi connectivity index (χ2v) is 4.23. The molecule has 1 rings (SSSR count). The zero-order valence-electron chi connectivity index (χ0n) is 8.85. The fourth-order valence-corrected chi connectivity index (χ4v) is 1.66. The minimum absolute atomic E-state index is 0.111. The standard InChI is InChI=1S/C10H12F2N2O2S/c11-10(12)8(15)5-14-9(16)6-17-7-1-3-13-4-2-7/h1-4,8,10,15H,5-6H2,(H,14,16). The van der Waals surface area contributed by atoms with E-state index < -0.39 is 25.0 Å². The molecule has 0 aliphatic rings. The second kappa shape index (κ2) is 7.18. The Balaban J connectivity index is 2.22. The van der Waals surface area contributed by atoms with Crippen LogP contribution in [0.15, 0.2) is 29.4 Å². The zero-order valence-corrected chi connectivity index (χ0v) is 9.66. The number of aromatic nitrogens is 1. The molecule has 0 fully saturated rings. The van der Waals surface area contributed by atoms with E-state index >= 15 is 0 Å². The van der Waals surface area contributed by atoms with Crippen LogP contribution in [0.3, 0.4) is 0 Å². The molecule has 1 unspecified atom stereocenters. The lowest BCUT2D eigenvalue weighted by Gasteiger charge is -2.10. The lowest BCUT2D eigenvalue weighted by Crippen LogP contribution is -2.36. The molecule has 1 heterocycles. The van der Waals surface area contributed by atoms with Crippen molar-refractivity contribution in [2.45, 2.75) is 17.4 Å². The molecule has 2 N–H and O–H groups in total. The first-order chi connectivity index (χ1) is 8.09. The van der Waals surface area contributed by atoms with Crippen LogP contribution in [0.2, 0.25) is 0 Å². The number of carbonyl (C=O) groups is 1. The summed E-state index contributed by atoms with van der Waals surface area (Å²) in [4.78, 5) is 15.9. The predicted molar refractivity (Wildman–Crippen MR) is 60.0 cm³/mol. The molecule has 94 valence electrons. The van der Waals surface area contributed by atoms with Crippen LogP contribution >= 0.6 is 11.8 Å². The van der Waals surface area contributed by atoms with Crippen molar-refractivity contribution in [1.82, 2.24) is 10.3 Å². The molecule has 0 saturated carbocycles. The molecule has 1 amide bonds. The van der Waals surface area contributed by atoms with Crippen LogP contribution in [0.4, 0.5) is 8.78 Å². The van der Waals surface area contributed by atoms with Gasteiger partial charge in [0, 0.05) is 23.8 Å². The molecule has 1 aromatic heterocycles. The van der Waals surface area contributed by atoms with Crippen molar-refractivity contribution in [3.05, 3.63) is 24.5 Å². The monoisotopic (exact) mass is 262 g/mol. The normalized spacial score (nSPS) is 12.5. The molecule has 4 nitrogen and oxygen atoms in total. The van der Waals surface area contributed by atoms with Gasteiger partial charge in [-0.3, -0.25) is 9.78 Å². The van der Waals surface area contributed by atoms with Crippen molar-refractivity contribution in [3.63, 3.8) is 0 Å². The van der Waals surface area contributed by atoms with E-state index in [9.17, 15) is 13.6 Å². The van der Waals surface area contributed by atoms with Gasteiger partial charge in [-0.2, -0.15) is 0 Å². The van der Waals surface area contributed by atoms with Gasteiger partial charge in [0.15, 0.2) is 0 Å². The zero-order chi connectivity index (χ0) is 12.7. The Morgan fingerprint density at radius 2 is 2.12 bits per heavy atom. The third-order valence-corrected chi connectivity index (χ3v) is 2.83. The van der Waals surface area contributed by atoms with Crippen molar-refractivity contribution < 1.29 is 18.7 Å². The first-order valence-electron chi connectivity index (χ1n) is 4.85. The highest BCUT2D eigenvalue weighted by molar-refractivity contribution is 8.00. The largest absolute Gasteiger partial charge is 0.385 e. The number of aliphatic hydroxyl groups is 1. The van der Waals surface area contributed by atoms with Gasteiger partial charge in [-0.25, -0.2) is 8.78 Å². The van der Waals surface area contributed by atoms with Crippen LogP contribution < -0.4 is 5.32 Å². The molecule has 0 bridgehead atoms. The summed E-state index contributed by atoms with van der Waals surface area (Å²) in [5.74, 6) is -0.286. The number of alkyl halides is 2. The van der Waals surface area contributed by atoms with Crippen LogP contribution in [0.25, 0.3) is 0 Å². The SMILES string of the molecule is O=C(CSc1ccncc1)NCC(O)C(F)F. The minimum Gasteiger partial charge on any atom is -0.385 e. The van der Waals surface area contributed by atoms with Crippen LogP contribution in [0.1, 0.15) is 0 Å². The van der Waals surface area contributed by atoms with Gasteiger partial charge in [0.1, 0.15) is 6.10 Å². The average molecular weight is 262 g/mol. The summed E-state index contributed by atoms with van der Waals surface area (Å²) in [6, 6.07) is 3.48. The third kappa shape index (κ3) is 5.60. The highest BCUT2D eigenvalue weighted by atomic mass is 32.2. The number of nitrogens with one attached hydrogen (secondary N) is 1. The molecule has 7 heteroatoms. The molecule has 0 spiro atoms. The van der Waals surface area contributed by atoms with E-state index in [0.717, 1.165) is 4.90 Å². The Kier molecular flexibility index (Phi) is 5.85. The van der Waals surface area contributed by atoms with Crippen molar-refractivity contribution in [2.75, 3.05) is 12.3 Å². The Bertz CT molecular complexity index is 351. The van der Waals surface area contributed by atoms with E-state index in [2.05, 4.69) is 10.3 Å². The topological polar surface area (TPSA) is 62.2 Å². The van der Waals surface area contributed by atoms with Crippen LogP contribution in [0.5, 0.6) is 0 Å². The van der Waals surface area contributed by atoms with E-state index in [4.69, 9.17) is 5.11 Å². The summed E-state index contributed by atoms with van der Waals surface area (Å²) in [5, 5.41) is 11.0. The summed E-state index contributed by atoms with van der Waals surface area (Å²) in [7, 11) is 0. The molecular formula is C10H12F2N2O2S. The number of rotatable bonds is 6. The summed E-state index contributed by atoms with van der Waals surface area (Å²) in [5.41, 5.74) is 0. The number of amides is 1. The molecule has 0 aliphatic carbocycles. The van der Waals surface area contributed by atoms with Gasteiger partial charge in [-0.05, 0) is 12.1 Å². The molecule has 1 atom stereocenters. The van der Waals surface area contributed by atoms with Gasteiger partial charge in [0.25, 0.3) is 6.43 Å². The summed E-state index contributed by atoms with van der Waals surface area (Å²) >= 11 is 1.27. The Labute approximate surface area is 101 Å². The fourth-order valence-electron chi connectivity index (χ4n) is 0.942. The van der Waals surface area contributed by atoms with E-state index in [-0.39, 0.29) is 5.75 Å².